The lowest BCUT2D eigenvalue weighted by molar-refractivity contribution is -0.131. The molecule has 0 aromatic carbocycles. The van der Waals surface area contributed by atoms with Crippen molar-refractivity contribution >= 4 is 39.9 Å². The van der Waals surface area contributed by atoms with Crippen LogP contribution < -0.4 is 10.9 Å². The number of aryl methyl sites for hydroxylation is 3. The summed E-state index contributed by atoms with van der Waals surface area (Å²) in [5, 5.41) is 4.15. The highest BCUT2D eigenvalue weighted by Gasteiger charge is 2.31. The Labute approximate surface area is 169 Å². The number of likely N-dealkylation sites (tertiary alicyclic amines) is 1. The molecule has 4 rings (SSSR count). The van der Waals surface area contributed by atoms with Gasteiger partial charge in [0, 0.05) is 30.8 Å². The predicted molar refractivity (Wildman–Crippen MR) is 111 cm³/mol. The third-order valence-corrected chi connectivity index (χ3v) is 7.14. The fourth-order valence-electron chi connectivity index (χ4n) is 4.27. The van der Waals surface area contributed by atoms with Gasteiger partial charge in [-0.3, -0.25) is 9.59 Å². The molecule has 148 valence electrons. The Morgan fingerprint density at radius 2 is 1.89 bits per heavy atom. The summed E-state index contributed by atoms with van der Waals surface area (Å²) in [4.78, 5) is 36.4. The first kappa shape index (κ1) is 20.3. The number of hydrogen-bond donors (Lipinski definition) is 2. The second-order valence-electron chi connectivity index (χ2n) is 7.61. The van der Waals surface area contributed by atoms with E-state index in [1.807, 2.05) is 18.7 Å². The van der Waals surface area contributed by atoms with Crippen LogP contribution in [0.5, 0.6) is 0 Å². The Morgan fingerprint density at radius 3 is 2.56 bits per heavy atom. The molecule has 1 amide bonds. The van der Waals surface area contributed by atoms with E-state index in [1.54, 1.807) is 11.3 Å². The van der Waals surface area contributed by atoms with E-state index in [0.29, 0.717) is 24.1 Å². The van der Waals surface area contributed by atoms with E-state index in [0.717, 1.165) is 66.1 Å². The summed E-state index contributed by atoms with van der Waals surface area (Å²) < 4.78 is 0. The number of rotatable bonds is 3. The minimum Gasteiger partial charge on any atom is -0.343 e. The van der Waals surface area contributed by atoms with Crippen molar-refractivity contribution in [1.29, 1.82) is 0 Å². The molecule has 0 unspecified atom stereocenters. The summed E-state index contributed by atoms with van der Waals surface area (Å²) in [6.07, 6.45) is 3.09. The minimum absolute atomic E-state index is 0. The number of carbonyl (C=O) groups is 1. The molecule has 2 N–H and O–H groups in total. The largest absolute Gasteiger partial charge is 0.343 e. The maximum Gasteiger partial charge on any atom is 0.259 e. The van der Waals surface area contributed by atoms with E-state index in [9.17, 15) is 9.59 Å². The average molecular weight is 411 g/mol. The number of H-pyrrole nitrogens is 1. The van der Waals surface area contributed by atoms with Crippen LogP contribution in [-0.2, 0) is 11.2 Å². The van der Waals surface area contributed by atoms with Gasteiger partial charge in [0.1, 0.15) is 10.7 Å². The number of thiophene rings is 1. The number of aromatic amines is 1. The maximum atomic E-state index is 12.6. The molecule has 8 heteroatoms. The molecule has 4 heterocycles. The Kier molecular flexibility index (Phi) is 6.23. The zero-order valence-corrected chi connectivity index (χ0v) is 17.5. The molecule has 2 aromatic rings. The van der Waals surface area contributed by atoms with Gasteiger partial charge < -0.3 is 15.2 Å². The van der Waals surface area contributed by atoms with Crippen LogP contribution in [0.3, 0.4) is 0 Å². The van der Waals surface area contributed by atoms with Gasteiger partial charge in [-0.25, -0.2) is 4.98 Å². The quantitative estimate of drug-likeness (QED) is 0.814. The zero-order valence-electron chi connectivity index (χ0n) is 15.8. The predicted octanol–water partition coefficient (Wildman–Crippen LogP) is 2.41. The number of hydrogen-bond acceptors (Lipinski definition) is 5. The topological polar surface area (TPSA) is 78.1 Å². The van der Waals surface area contributed by atoms with Crippen LogP contribution in [0.4, 0.5) is 0 Å². The molecule has 0 saturated carbocycles. The van der Waals surface area contributed by atoms with E-state index in [4.69, 9.17) is 0 Å². The number of amides is 1. The molecule has 0 aliphatic carbocycles. The van der Waals surface area contributed by atoms with Crippen molar-refractivity contribution in [3.8, 4) is 0 Å². The number of fused-ring (bicyclic) bond motifs is 2. The van der Waals surface area contributed by atoms with Gasteiger partial charge in [0.05, 0.1) is 5.39 Å². The van der Waals surface area contributed by atoms with Gasteiger partial charge >= 0.3 is 0 Å². The standard InChI is InChI=1S/C19H26N4O2S.ClH/c1-11-12(2)26-19-17(11)18(25)21-15(22-19)3-4-16(24)23-7-5-13-9-20-10-14(13)6-8-23;/h13-14,20H,3-10H2,1-2H3,(H,21,22,25);1H/t13-,14+;. The van der Waals surface area contributed by atoms with Gasteiger partial charge in [0.2, 0.25) is 5.91 Å². The molecular formula is C19H27ClN4O2S. The number of halogens is 1. The first-order valence-electron chi connectivity index (χ1n) is 9.50. The molecule has 0 bridgehead atoms. The highest BCUT2D eigenvalue weighted by atomic mass is 35.5. The molecule has 2 aliphatic rings. The fraction of sp³-hybridized carbons (Fsp3) is 0.632. The van der Waals surface area contributed by atoms with E-state index in [-0.39, 0.29) is 23.9 Å². The molecule has 2 atom stereocenters. The SMILES string of the molecule is Cc1sc2nc(CCC(=O)N3CC[C@@H]4CNC[C@@H]4CC3)[nH]c(=O)c2c1C.Cl. The molecule has 2 aromatic heterocycles. The van der Waals surface area contributed by atoms with Gasteiger partial charge in [-0.2, -0.15) is 0 Å². The van der Waals surface area contributed by atoms with E-state index in [2.05, 4.69) is 15.3 Å². The van der Waals surface area contributed by atoms with Gasteiger partial charge in [-0.05, 0) is 57.2 Å². The van der Waals surface area contributed by atoms with E-state index >= 15 is 0 Å². The first-order valence-corrected chi connectivity index (χ1v) is 10.3. The van der Waals surface area contributed by atoms with Crippen LogP contribution in [0.2, 0.25) is 0 Å². The number of nitrogens with zero attached hydrogens (tertiary/aromatic N) is 2. The van der Waals surface area contributed by atoms with Crippen molar-refractivity contribution in [1.82, 2.24) is 20.2 Å². The fourth-order valence-corrected chi connectivity index (χ4v) is 5.32. The van der Waals surface area contributed by atoms with Gasteiger partial charge in [0.15, 0.2) is 0 Å². The smallest absolute Gasteiger partial charge is 0.259 e. The summed E-state index contributed by atoms with van der Waals surface area (Å²) in [6.45, 7) is 7.87. The molecule has 0 radical (unpaired) electrons. The summed E-state index contributed by atoms with van der Waals surface area (Å²) >= 11 is 1.55. The zero-order chi connectivity index (χ0) is 18.3. The number of aromatic nitrogens is 2. The lowest BCUT2D eigenvalue weighted by Gasteiger charge is -2.20. The minimum atomic E-state index is -0.0885. The number of nitrogens with one attached hydrogen (secondary N) is 2. The van der Waals surface area contributed by atoms with Crippen molar-refractivity contribution in [3.05, 3.63) is 26.6 Å². The highest BCUT2D eigenvalue weighted by Crippen LogP contribution is 2.28. The van der Waals surface area contributed by atoms with Crippen molar-refractivity contribution < 1.29 is 4.79 Å². The van der Waals surface area contributed by atoms with Crippen molar-refractivity contribution in [3.63, 3.8) is 0 Å². The van der Waals surface area contributed by atoms with Gasteiger partial charge in [-0.1, -0.05) is 0 Å². The van der Waals surface area contributed by atoms with Gasteiger partial charge in [0.25, 0.3) is 5.56 Å². The molecule has 6 nitrogen and oxygen atoms in total. The third-order valence-electron chi connectivity index (χ3n) is 6.04. The van der Waals surface area contributed by atoms with E-state index in [1.165, 1.54) is 0 Å². The lowest BCUT2D eigenvalue weighted by atomic mass is 9.92. The van der Waals surface area contributed by atoms with Crippen LogP contribution in [0, 0.1) is 25.7 Å². The van der Waals surface area contributed by atoms with Crippen LogP contribution in [0.1, 0.15) is 35.5 Å². The summed E-state index contributed by atoms with van der Waals surface area (Å²) in [5.41, 5.74) is 0.917. The number of carbonyl (C=O) groups excluding carboxylic acids is 1. The Hall–Kier alpha value is -1.44. The van der Waals surface area contributed by atoms with Crippen molar-refractivity contribution in [2.24, 2.45) is 11.8 Å². The summed E-state index contributed by atoms with van der Waals surface area (Å²) in [6, 6.07) is 0. The van der Waals surface area contributed by atoms with Crippen molar-refractivity contribution in [2.45, 2.75) is 39.5 Å². The second-order valence-corrected chi connectivity index (χ2v) is 8.82. The van der Waals surface area contributed by atoms with Crippen LogP contribution >= 0.6 is 23.7 Å². The molecule has 0 spiro atoms. The van der Waals surface area contributed by atoms with Crippen LogP contribution in [-0.4, -0.2) is 47.0 Å². The summed E-state index contributed by atoms with van der Waals surface area (Å²) in [5.74, 6) is 2.24. The molecular weight excluding hydrogens is 384 g/mol. The average Bonchev–Trinajstić information content (AvgIpc) is 3.11. The van der Waals surface area contributed by atoms with Gasteiger partial charge in [-0.15, -0.1) is 23.7 Å². The lowest BCUT2D eigenvalue weighted by Crippen LogP contribution is -2.33. The summed E-state index contributed by atoms with van der Waals surface area (Å²) in [7, 11) is 0. The molecule has 2 aliphatic heterocycles. The maximum absolute atomic E-state index is 12.6. The van der Waals surface area contributed by atoms with Crippen molar-refractivity contribution in [2.75, 3.05) is 26.2 Å². The molecule has 2 fully saturated rings. The molecule has 27 heavy (non-hydrogen) atoms. The Balaban J connectivity index is 0.00000210. The Bertz CT molecular complexity index is 880. The third kappa shape index (κ3) is 4.05. The second kappa shape index (κ2) is 8.29. The monoisotopic (exact) mass is 410 g/mol. The first-order chi connectivity index (χ1) is 12.5. The normalized spacial score (nSPS) is 22.4. The Morgan fingerprint density at radius 1 is 1.22 bits per heavy atom. The van der Waals surface area contributed by atoms with Crippen LogP contribution in [0.15, 0.2) is 4.79 Å². The van der Waals surface area contributed by atoms with Crippen LogP contribution in [0.25, 0.3) is 10.2 Å². The van der Waals surface area contributed by atoms with E-state index < -0.39 is 0 Å². The highest BCUT2D eigenvalue weighted by molar-refractivity contribution is 7.18. The molecule has 2 saturated heterocycles.